The van der Waals surface area contributed by atoms with Gasteiger partial charge in [-0.05, 0) is 26.0 Å². The molecule has 0 fully saturated rings. The van der Waals surface area contributed by atoms with Gasteiger partial charge in [-0.15, -0.1) is 0 Å². The first-order valence-corrected chi connectivity index (χ1v) is 5.04. The van der Waals surface area contributed by atoms with E-state index in [1.807, 2.05) is 0 Å². The lowest BCUT2D eigenvalue weighted by atomic mass is 9.80. The lowest BCUT2D eigenvalue weighted by Crippen LogP contribution is -2.41. The molecular formula is C11H10FNO6. The molecule has 2 N–H and O–H groups in total. The molecule has 0 amide bonds. The third-order valence-corrected chi connectivity index (χ3v) is 2.84. The van der Waals surface area contributed by atoms with Crippen LogP contribution in [0.2, 0.25) is 0 Å². The average molecular weight is 271 g/mol. The Bertz CT molecular complexity index is 569. The minimum atomic E-state index is -2.60. The van der Waals surface area contributed by atoms with Gasteiger partial charge in [0.1, 0.15) is 5.82 Å². The van der Waals surface area contributed by atoms with Gasteiger partial charge in [0, 0.05) is 5.56 Å². The first kappa shape index (κ1) is 14.6. The standard InChI is InChI=1S/C11H10FNO6/c1-5-3-6(12)4-7(8(5)13(18)19)11(2,9(14)15)10(16)17/h3-4H,1-2H3,(H,14,15)(H,16,17). The van der Waals surface area contributed by atoms with Gasteiger partial charge in [0.15, 0.2) is 5.41 Å². The van der Waals surface area contributed by atoms with Gasteiger partial charge in [-0.2, -0.15) is 0 Å². The molecule has 0 aliphatic carbocycles. The number of carboxylic acid groups (broad SMARTS) is 2. The zero-order valence-corrected chi connectivity index (χ0v) is 10.0. The van der Waals surface area contributed by atoms with Crippen LogP contribution < -0.4 is 0 Å². The number of hydrogen-bond donors (Lipinski definition) is 2. The maximum Gasteiger partial charge on any atom is 0.325 e. The van der Waals surface area contributed by atoms with E-state index in [0.29, 0.717) is 6.07 Å². The molecular weight excluding hydrogens is 261 g/mol. The van der Waals surface area contributed by atoms with E-state index in [2.05, 4.69) is 0 Å². The molecule has 102 valence electrons. The van der Waals surface area contributed by atoms with Crippen molar-refractivity contribution in [2.24, 2.45) is 0 Å². The molecule has 19 heavy (non-hydrogen) atoms. The molecule has 0 unspecified atom stereocenters. The van der Waals surface area contributed by atoms with Crippen LogP contribution in [-0.4, -0.2) is 27.1 Å². The zero-order chi connectivity index (χ0) is 15.0. The average Bonchev–Trinajstić information content (AvgIpc) is 2.25. The van der Waals surface area contributed by atoms with Crippen LogP contribution in [-0.2, 0) is 15.0 Å². The van der Waals surface area contributed by atoms with Gasteiger partial charge in [-0.25, -0.2) is 4.39 Å². The summed E-state index contributed by atoms with van der Waals surface area (Å²) in [5.74, 6) is -4.56. The Balaban J connectivity index is 3.79. The fourth-order valence-corrected chi connectivity index (χ4v) is 1.68. The van der Waals surface area contributed by atoms with Gasteiger partial charge >= 0.3 is 11.9 Å². The second-order valence-electron chi connectivity index (χ2n) is 4.11. The Labute approximate surface area is 106 Å². The SMILES string of the molecule is Cc1cc(F)cc(C(C)(C(=O)O)C(=O)O)c1[N+](=O)[O-]. The summed E-state index contributed by atoms with van der Waals surface area (Å²) >= 11 is 0. The third-order valence-electron chi connectivity index (χ3n) is 2.84. The molecule has 0 saturated heterocycles. The number of nitro groups is 1. The Hall–Kier alpha value is -2.51. The Kier molecular flexibility index (Phi) is 3.55. The van der Waals surface area contributed by atoms with Crippen LogP contribution in [0, 0.1) is 22.9 Å². The van der Waals surface area contributed by atoms with Crippen LogP contribution in [0.25, 0.3) is 0 Å². The molecule has 0 atom stereocenters. The Morgan fingerprint density at radius 1 is 1.32 bits per heavy atom. The summed E-state index contributed by atoms with van der Waals surface area (Å²) < 4.78 is 13.3. The molecule has 0 radical (unpaired) electrons. The molecule has 0 aromatic heterocycles. The van der Waals surface area contributed by atoms with E-state index in [1.165, 1.54) is 6.92 Å². The van der Waals surface area contributed by atoms with E-state index in [9.17, 15) is 24.1 Å². The number of nitro benzene ring substituents is 1. The first-order chi connectivity index (χ1) is 8.62. The molecule has 0 aliphatic rings. The van der Waals surface area contributed by atoms with Crippen molar-refractivity contribution in [2.45, 2.75) is 19.3 Å². The van der Waals surface area contributed by atoms with Crippen molar-refractivity contribution in [3.63, 3.8) is 0 Å². The van der Waals surface area contributed by atoms with E-state index >= 15 is 0 Å². The fraction of sp³-hybridized carbons (Fsp3) is 0.273. The van der Waals surface area contributed by atoms with Gasteiger partial charge < -0.3 is 10.2 Å². The number of nitrogens with zero attached hydrogens (tertiary/aromatic N) is 1. The summed E-state index contributed by atoms with van der Waals surface area (Å²) in [5, 5.41) is 29.0. The molecule has 0 heterocycles. The van der Waals surface area contributed by atoms with Crippen molar-refractivity contribution < 1.29 is 29.1 Å². The Morgan fingerprint density at radius 3 is 2.16 bits per heavy atom. The van der Waals surface area contributed by atoms with Crippen molar-refractivity contribution in [1.82, 2.24) is 0 Å². The van der Waals surface area contributed by atoms with Crippen LogP contribution in [0.1, 0.15) is 18.1 Å². The quantitative estimate of drug-likeness (QED) is 0.486. The van der Waals surface area contributed by atoms with E-state index in [1.54, 1.807) is 0 Å². The number of carboxylic acids is 2. The fourth-order valence-electron chi connectivity index (χ4n) is 1.68. The van der Waals surface area contributed by atoms with Crippen LogP contribution >= 0.6 is 0 Å². The number of aryl methyl sites for hydroxylation is 1. The minimum absolute atomic E-state index is 0.145. The number of aliphatic carboxylic acids is 2. The van der Waals surface area contributed by atoms with E-state index in [-0.39, 0.29) is 5.56 Å². The summed E-state index contributed by atoms with van der Waals surface area (Å²) in [4.78, 5) is 32.3. The summed E-state index contributed by atoms with van der Waals surface area (Å²) in [7, 11) is 0. The van der Waals surface area contributed by atoms with Crippen LogP contribution in [0.3, 0.4) is 0 Å². The summed E-state index contributed by atoms with van der Waals surface area (Å²) in [6.07, 6.45) is 0. The van der Waals surface area contributed by atoms with Crippen molar-refractivity contribution in [3.05, 3.63) is 39.2 Å². The van der Waals surface area contributed by atoms with E-state index in [4.69, 9.17) is 10.2 Å². The van der Waals surface area contributed by atoms with Crippen molar-refractivity contribution in [1.29, 1.82) is 0 Å². The Morgan fingerprint density at radius 2 is 1.79 bits per heavy atom. The van der Waals surface area contributed by atoms with Gasteiger partial charge in [0.25, 0.3) is 5.69 Å². The van der Waals surface area contributed by atoms with E-state index in [0.717, 1.165) is 13.0 Å². The zero-order valence-electron chi connectivity index (χ0n) is 10.0. The highest BCUT2D eigenvalue weighted by atomic mass is 19.1. The van der Waals surface area contributed by atoms with E-state index < -0.39 is 39.3 Å². The van der Waals surface area contributed by atoms with Crippen LogP contribution in [0.5, 0.6) is 0 Å². The van der Waals surface area contributed by atoms with Gasteiger partial charge in [0.05, 0.1) is 10.5 Å². The maximum absolute atomic E-state index is 13.3. The first-order valence-electron chi connectivity index (χ1n) is 5.04. The summed E-state index contributed by atoms with van der Waals surface area (Å²) in [5.41, 5.74) is -4.16. The lowest BCUT2D eigenvalue weighted by Gasteiger charge is -2.20. The topological polar surface area (TPSA) is 118 Å². The summed E-state index contributed by atoms with van der Waals surface area (Å²) in [6.45, 7) is 1.98. The largest absolute Gasteiger partial charge is 0.480 e. The number of rotatable bonds is 4. The lowest BCUT2D eigenvalue weighted by molar-refractivity contribution is -0.386. The second-order valence-corrected chi connectivity index (χ2v) is 4.11. The molecule has 7 nitrogen and oxygen atoms in total. The number of carbonyl (C=O) groups is 2. The number of benzene rings is 1. The van der Waals surface area contributed by atoms with Crippen molar-refractivity contribution in [2.75, 3.05) is 0 Å². The molecule has 0 saturated carbocycles. The monoisotopic (exact) mass is 271 g/mol. The predicted octanol–water partition coefficient (Wildman–Crippen LogP) is 1.47. The molecule has 0 bridgehead atoms. The van der Waals surface area contributed by atoms with Gasteiger partial charge in [-0.1, -0.05) is 0 Å². The molecule has 1 aromatic rings. The van der Waals surface area contributed by atoms with Gasteiger partial charge in [0.2, 0.25) is 0 Å². The molecule has 0 spiro atoms. The van der Waals surface area contributed by atoms with Crippen LogP contribution in [0.4, 0.5) is 10.1 Å². The maximum atomic E-state index is 13.3. The highest BCUT2D eigenvalue weighted by molar-refractivity contribution is 6.05. The second kappa shape index (κ2) is 4.63. The normalized spacial score (nSPS) is 11.1. The van der Waals surface area contributed by atoms with Crippen LogP contribution in [0.15, 0.2) is 12.1 Å². The molecule has 1 rings (SSSR count). The van der Waals surface area contributed by atoms with Crippen molar-refractivity contribution >= 4 is 17.6 Å². The molecule has 1 aromatic carbocycles. The van der Waals surface area contributed by atoms with Gasteiger partial charge in [-0.3, -0.25) is 19.7 Å². The molecule has 0 aliphatic heterocycles. The molecule has 8 heteroatoms. The highest BCUT2D eigenvalue weighted by Gasteiger charge is 2.48. The number of halogens is 1. The predicted molar refractivity (Wildman–Crippen MR) is 60.4 cm³/mol. The van der Waals surface area contributed by atoms with Crippen molar-refractivity contribution in [3.8, 4) is 0 Å². The smallest absolute Gasteiger partial charge is 0.325 e. The summed E-state index contributed by atoms with van der Waals surface area (Å²) in [6, 6.07) is 1.40. The minimum Gasteiger partial charge on any atom is -0.480 e. The highest BCUT2D eigenvalue weighted by Crippen LogP contribution is 2.35. The third kappa shape index (κ3) is 2.24. The number of hydrogen-bond acceptors (Lipinski definition) is 4.